The normalized spacial score (nSPS) is 17.6. The highest BCUT2D eigenvalue weighted by Gasteiger charge is 2.21. The van der Waals surface area contributed by atoms with Gasteiger partial charge in [0.15, 0.2) is 0 Å². The summed E-state index contributed by atoms with van der Waals surface area (Å²) in [5.74, 6) is 0. The molecule has 5 nitrogen and oxygen atoms in total. The highest BCUT2D eigenvalue weighted by Crippen LogP contribution is 2.17. The number of aryl methyl sites for hydroxylation is 1. The van der Waals surface area contributed by atoms with Crippen molar-refractivity contribution in [1.29, 1.82) is 0 Å². The molecule has 0 atom stereocenters. The van der Waals surface area contributed by atoms with Crippen LogP contribution in [0.4, 0.5) is 0 Å². The molecule has 0 amide bonds. The molecule has 0 saturated carbocycles. The molecule has 0 aliphatic carbocycles. The summed E-state index contributed by atoms with van der Waals surface area (Å²) in [5, 5.41) is 1.79. The number of nitrogens with one attached hydrogen (secondary N) is 1. The van der Waals surface area contributed by atoms with Crippen LogP contribution in [0.25, 0.3) is 0 Å². The number of benzene rings is 1. The van der Waals surface area contributed by atoms with Crippen molar-refractivity contribution in [2.24, 2.45) is 5.73 Å². The van der Waals surface area contributed by atoms with Gasteiger partial charge in [0.2, 0.25) is 0 Å². The highest BCUT2D eigenvalue weighted by molar-refractivity contribution is 7.89. The third-order valence-corrected chi connectivity index (χ3v) is 4.91. The zero-order valence-corrected chi connectivity index (χ0v) is 12.0. The van der Waals surface area contributed by atoms with Gasteiger partial charge in [-0.2, -0.15) is 0 Å². The van der Waals surface area contributed by atoms with E-state index in [0.29, 0.717) is 11.4 Å². The monoisotopic (exact) mass is 283 g/mol. The minimum absolute atomic E-state index is 0.329. The maximum Gasteiger partial charge on any atom is 0.253 e. The van der Waals surface area contributed by atoms with E-state index in [1.165, 1.54) is 6.42 Å². The van der Waals surface area contributed by atoms with E-state index in [-0.39, 0.29) is 0 Å². The number of sulfonamides is 1. The van der Waals surface area contributed by atoms with Crippen LogP contribution >= 0.6 is 0 Å². The average Bonchev–Trinajstić information content (AvgIpc) is 2.38. The predicted octanol–water partition coefficient (Wildman–Crippen LogP) is 1.13. The fraction of sp³-hybridized carbons (Fsp3) is 0.538. The molecule has 1 aromatic carbocycles. The second-order valence-electron chi connectivity index (χ2n) is 4.95. The zero-order valence-electron chi connectivity index (χ0n) is 11.2. The lowest BCUT2D eigenvalue weighted by atomic mass is 10.1. The Balaban J connectivity index is 2.18. The Kier molecular flexibility index (Phi) is 4.57. The lowest BCUT2D eigenvalue weighted by molar-refractivity contribution is 0.200. The van der Waals surface area contributed by atoms with E-state index in [2.05, 4.69) is 4.83 Å². The molecule has 6 heteroatoms. The molecule has 1 aliphatic rings. The summed E-state index contributed by atoms with van der Waals surface area (Å²) in [4.78, 5) is 2.99. The molecule has 0 aromatic heterocycles. The second-order valence-corrected chi connectivity index (χ2v) is 6.58. The highest BCUT2D eigenvalue weighted by atomic mass is 32.2. The van der Waals surface area contributed by atoms with Crippen molar-refractivity contribution in [2.75, 3.05) is 13.1 Å². The first-order chi connectivity index (χ1) is 9.03. The summed E-state index contributed by atoms with van der Waals surface area (Å²) in [7, 11) is -3.48. The fourth-order valence-corrected chi connectivity index (χ4v) is 3.70. The van der Waals surface area contributed by atoms with Gasteiger partial charge in [0.1, 0.15) is 0 Å². The smallest absolute Gasteiger partial charge is 0.253 e. The predicted molar refractivity (Wildman–Crippen MR) is 74.8 cm³/mol. The van der Waals surface area contributed by atoms with Crippen molar-refractivity contribution in [3.8, 4) is 0 Å². The lowest BCUT2D eigenvalue weighted by Gasteiger charge is -2.26. The minimum Gasteiger partial charge on any atom is -0.326 e. The molecule has 3 N–H and O–H groups in total. The van der Waals surface area contributed by atoms with Crippen LogP contribution in [0.2, 0.25) is 0 Å². The molecule has 0 radical (unpaired) electrons. The van der Waals surface area contributed by atoms with E-state index in [9.17, 15) is 8.42 Å². The van der Waals surface area contributed by atoms with E-state index in [0.717, 1.165) is 37.1 Å². The molecule has 1 aromatic rings. The summed E-state index contributed by atoms with van der Waals surface area (Å²) < 4.78 is 24.7. The van der Waals surface area contributed by atoms with Crippen LogP contribution in [0.15, 0.2) is 23.1 Å². The van der Waals surface area contributed by atoms with Gasteiger partial charge in [0.05, 0.1) is 4.90 Å². The van der Waals surface area contributed by atoms with Gasteiger partial charge in [-0.25, -0.2) is 13.4 Å². The third kappa shape index (κ3) is 3.54. The number of rotatable bonds is 4. The largest absolute Gasteiger partial charge is 0.326 e. The Labute approximate surface area is 114 Å². The average molecular weight is 283 g/mol. The van der Waals surface area contributed by atoms with Crippen LogP contribution in [-0.2, 0) is 16.6 Å². The van der Waals surface area contributed by atoms with Gasteiger partial charge < -0.3 is 5.73 Å². The maximum atomic E-state index is 12.3. The molecular weight excluding hydrogens is 262 g/mol. The van der Waals surface area contributed by atoms with E-state index in [1.807, 2.05) is 6.07 Å². The quantitative estimate of drug-likeness (QED) is 0.868. The van der Waals surface area contributed by atoms with Crippen LogP contribution in [0.1, 0.15) is 30.4 Å². The lowest BCUT2D eigenvalue weighted by Crippen LogP contribution is -2.45. The molecule has 19 heavy (non-hydrogen) atoms. The van der Waals surface area contributed by atoms with Crippen molar-refractivity contribution in [1.82, 2.24) is 9.84 Å². The number of nitrogens with two attached hydrogens (primary N) is 1. The summed E-state index contributed by atoms with van der Waals surface area (Å²) >= 11 is 0. The first kappa shape index (κ1) is 14.5. The van der Waals surface area contributed by atoms with Crippen molar-refractivity contribution in [3.63, 3.8) is 0 Å². The number of piperidine rings is 1. The summed E-state index contributed by atoms with van der Waals surface area (Å²) in [6.07, 6.45) is 3.24. The molecule has 1 aliphatic heterocycles. The van der Waals surface area contributed by atoms with E-state index >= 15 is 0 Å². The number of hydrazine groups is 1. The van der Waals surface area contributed by atoms with Gasteiger partial charge in [0.25, 0.3) is 10.0 Å². The molecule has 0 spiro atoms. The number of hydrogen-bond donors (Lipinski definition) is 2. The summed E-state index contributed by atoms with van der Waals surface area (Å²) in [6, 6.07) is 5.21. The van der Waals surface area contributed by atoms with Gasteiger partial charge in [-0.3, -0.25) is 0 Å². The SMILES string of the molecule is Cc1cc(CN)ccc1S(=O)(=O)NN1CCCCC1. The first-order valence-corrected chi connectivity index (χ1v) is 8.08. The van der Waals surface area contributed by atoms with Crippen molar-refractivity contribution in [3.05, 3.63) is 29.3 Å². The molecule has 1 saturated heterocycles. The van der Waals surface area contributed by atoms with E-state index < -0.39 is 10.0 Å². The van der Waals surface area contributed by atoms with Gasteiger partial charge >= 0.3 is 0 Å². The van der Waals surface area contributed by atoms with Crippen LogP contribution in [0.5, 0.6) is 0 Å². The van der Waals surface area contributed by atoms with Gasteiger partial charge in [0, 0.05) is 19.6 Å². The van der Waals surface area contributed by atoms with Crippen LogP contribution < -0.4 is 10.6 Å². The molecule has 2 rings (SSSR count). The van der Waals surface area contributed by atoms with Gasteiger partial charge in [-0.15, -0.1) is 4.83 Å². The number of nitrogens with zero attached hydrogens (tertiary/aromatic N) is 1. The van der Waals surface area contributed by atoms with Crippen LogP contribution in [-0.4, -0.2) is 26.5 Å². The molecule has 0 bridgehead atoms. The molecule has 1 fully saturated rings. The topological polar surface area (TPSA) is 75.4 Å². The van der Waals surface area contributed by atoms with Gasteiger partial charge in [-0.1, -0.05) is 18.6 Å². The maximum absolute atomic E-state index is 12.3. The zero-order chi connectivity index (χ0) is 13.9. The van der Waals surface area contributed by atoms with Crippen molar-refractivity contribution >= 4 is 10.0 Å². The van der Waals surface area contributed by atoms with Crippen LogP contribution in [0, 0.1) is 6.92 Å². The Bertz CT molecular complexity index is 537. The molecule has 1 heterocycles. The first-order valence-electron chi connectivity index (χ1n) is 6.60. The molecular formula is C13H21N3O2S. The van der Waals surface area contributed by atoms with Crippen molar-refractivity contribution < 1.29 is 8.42 Å². The van der Waals surface area contributed by atoms with Crippen molar-refractivity contribution in [2.45, 2.75) is 37.6 Å². The van der Waals surface area contributed by atoms with E-state index in [4.69, 9.17) is 5.73 Å². The third-order valence-electron chi connectivity index (χ3n) is 3.37. The molecule has 106 valence electrons. The second kappa shape index (κ2) is 6.00. The fourth-order valence-electron chi connectivity index (χ4n) is 2.34. The summed E-state index contributed by atoms with van der Waals surface area (Å²) in [6.45, 7) is 3.77. The minimum atomic E-state index is -3.48. The van der Waals surface area contributed by atoms with E-state index in [1.54, 1.807) is 24.1 Å². The summed E-state index contributed by atoms with van der Waals surface area (Å²) in [5.41, 5.74) is 7.22. The Morgan fingerprint density at radius 1 is 1.26 bits per heavy atom. The Hall–Kier alpha value is -0.950. The molecule has 0 unspecified atom stereocenters. The van der Waals surface area contributed by atoms with Crippen LogP contribution in [0.3, 0.4) is 0 Å². The Morgan fingerprint density at radius 3 is 2.53 bits per heavy atom. The Morgan fingerprint density at radius 2 is 1.95 bits per heavy atom. The standard InChI is InChI=1S/C13H21N3O2S/c1-11-9-12(10-14)5-6-13(11)19(17,18)15-16-7-3-2-4-8-16/h5-6,9,15H,2-4,7-8,10,14H2,1H3. The van der Waals surface area contributed by atoms with Gasteiger partial charge in [-0.05, 0) is 37.0 Å². The number of hydrogen-bond acceptors (Lipinski definition) is 4.